The van der Waals surface area contributed by atoms with Crippen molar-refractivity contribution in [3.8, 4) is 0 Å². The number of benzene rings is 3. The summed E-state index contributed by atoms with van der Waals surface area (Å²) in [6.45, 7) is 0.834. The van der Waals surface area contributed by atoms with Gasteiger partial charge in [0.05, 0.1) is 0 Å². The van der Waals surface area contributed by atoms with Crippen molar-refractivity contribution < 1.29 is 14.4 Å². The van der Waals surface area contributed by atoms with Crippen molar-refractivity contribution in [3.63, 3.8) is 0 Å². The van der Waals surface area contributed by atoms with Crippen LogP contribution >= 0.6 is 22.9 Å². The number of halogens is 1. The molecule has 0 aliphatic carbocycles. The molecule has 8 heteroatoms. The molecule has 0 saturated heterocycles. The molecule has 0 radical (unpaired) electrons. The van der Waals surface area contributed by atoms with E-state index in [1.54, 1.807) is 12.5 Å². The van der Waals surface area contributed by atoms with E-state index in [0.29, 0.717) is 30.5 Å². The summed E-state index contributed by atoms with van der Waals surface area (Å²) in [6.07, 6.45) is 0.640. The monoisotopic (exact) mass is 519 g/mol. The van der Waals surface area contributed by atoms with Gasteiger partial charge in [-0.25, -0.2) is 4.98 Å². The lowest BCUT2D eigenvalue weighted by Crippen LogP contribution is -2.38. The molecule has 1 aromatic heterocycles. The van der Waals surface area contributed by atoms with E-state index in [1.807, 2.05) is 54.6 Å². The number of carbonyl (C=O) groups excluding carboxylic acids is 1. The highest BCUT2D eigenvalue weighted by Crippen LogP contribution is 2.40. The molecule has 1 heterocycles. The van der Waals surface area contributed by atoms with Gasteiger partial charge in [0, 0.05) is 25.5 Å². The van der Waals surface area contributed by atoms with Crippen LogP contribution in [0, 0.1) is 0 Å². The first-order valence-electron chi connectivity index (χ1n) is 11.4. The van der Waals surface area contributed by atoms with Gasteiger partial charge in [0.25, 0.3) is 5.24 Å². The number of hydrogen-bond donors (Lipinski definition) is 1. The van der Waals surface area contributed by atoms with Crippen LogP contribution in [-0.4, -0.2) is 36.3 Å². The maximum absolute atomic E-state index is 12.1. The quantitative estimate of drug-likeness (QED) is 0.0808. The van der Waals surface area contributed by atoms with Crippen molar-refractivity contribution in [2.45, 2.75) is 12.0 Å². The zero-order valence-corrected chi connectivity index (χ0v) is 21.3. The van der Waals surface area contributed by atoms with Gasteiger partial charge < -0.3 is 14.9 Å². The molecule has 1 N–H and O–H groups in total. The summed E-state index contributed by atoms with van der Waals surface area (Å²) < 4.78 is 5.00. The molecule has 6 nitrogen and oxygen atoms in total. The van der Waals surface area contributed by atoms with E-state index >= 15 is 0 Å². The third kappa shape index (κ3) is 5.82. The van der Waals surface area contributed by atoms with E-state index in [4.69, 9.17) is 21.2 Å². The fraction of sp³-hybridized carbons (Fsp3) is 0.179. The minimum Gasteiger partial charge on any atom is -0.395 e. The van der Waals surface area contributed by atoms with Crippen LogP contribution in [0.2, 0.25) is 0 Å². The number of methoxy groups -OCH3 is 1. The largest absolute Gasteiger partial charge is 0.395 e. The molecule has 0 unspecified atom stereocenters. The summed E-state index contributed by atoms with van der Waals surface area (Å²) in [4.78, 5) is 22.1. The molecule has 0 saturated carbocycles. The fourth-order valence-corrected chi connectivity index (χ4v) is 4.82. The number of thiazole rings is 1. The lowest BCUT2D eigenvalue weighted by molar-refractivity contribution is -0.106. The van der Waals surface area contributed by atoms with Gasteiger partial charge in [-0.05, 0) is 28.3 Å². The van der Waals surface area contributed by atoms with Crippen molar-refractivity contribution in [1.82, 2.24) is 4.98 Å². The van der Waals surface area contributed by atoms with Crippen molar-refractivity contribution in [2.75, 3.05) is 25.6 Å². The first-order valence-corrected chi connectivity index (χ1v) is 12.7. The lowest BCUT2D eigenvalue weighted by atomic mass is 9.77. The molecule has 36 heavy (non-hydrogen) atoms. The number of oxime groups is 1. The molecule has 0 spiro atoms. The molecule has 184 valence electrons. The van der Waals surface area contributed by atoms with Gasteiger partial charge in [-0.3, -0.25) is 4.79 Å². The normalized spacial score (nSPS) is 11.8. The van der Waals surface area contributed by atoms with Gasteiger partial charge in [-0.2, -0.15) is 0 Å². The molecule has 0 aliphatic rings. The maximum Gasteiger partial charge on any atom is 0.276 e. The second kappa shape index (κ2) is 12.4. The Morgan fingerprint density at radius 2 is 1.44 bits per heavy atom. The maximum atomic E-state index is 12.1. The van der Waals surface area contributed by atoms with Crippen LogP contribution in [0.25, 0.3) is 0 Å². The number of ether oxygens (including phenoxy) is 1. The molecule has 4 aromatic rings. The van der Waals surface area contributed by atoms with Crippen LogP contribution in [0.5, 0.6) is 0 Å². The molecule has 4 rings (SSSR count). The lowest BCUT2D eigenvalue weighted by Gasteiger charge is -2.36. The van der Waals surface area contributed by atoms with Crippen LogP contribution in [0.3, 0.4) is 0 Å². The Morgan fingerprint density at radius 3 is 1.92 bits per heavy atom. The molecule has 0 aliphatic heterocycles. The zero-order valence-electron chi connectivity index (χ0n) is 19.8. The SMILES string of the molecule is COCCCO/N=C(\C(=O)Cl)c1csc(NC(c2ccccc2)(c2ccccc2)c2ccccc2)n1. The van der Waals surface area contributed by atoms with E-state index in [-0.39, 0.29) is 5.71 Å². The third-order valence-corrected chi connectivity index (χ3v) is 6.52. The van der Waals surface area contributed by atoms with Gasteiger partial charge in [-0.1, -0.05) is 96.2 Å². The Bertz CT molecular complexity index is 1180. The van der Waals surface area contributed by atoms with Crippen LogP contribution in [0.15, 0.2) is 102 Å². The smallest absolute Gasteiger partial charge is 0.276 e. The van der Waals surface area contributed by atoms with Crippen molar-refractivity contribution >= 4 is 39.0 Å². The highest BCUT2D eigenvalue weighted by Gasteiger charge is 2.37. The van der Waals surface area contributed by atoms with Crippen LogP contribution in [-0.2, 0) is 19.9 Å². The summed E-state index contributed by atoms with van der Waals surface area (Å²) in [7, 11) is 1.61. The molecule has 0 amide bonds. The van der Waals surface area contributed by atoms with Crippen molar-refractivity contribution in [2.24, 2.45) is 5.16 Å². The van der Waals surface area contributed by atoms with E-state index in [2.05, 4.69) is 51.9 Å². The number of nitrogens with zero attached hydrogens (tertiary/aromatic N) is 2. The summed E-state index contributed by atoms with van der Waals surface area (Å²) in [6, 6.07) is 30.6. The van der Waals surface area contributed by atoms with Gasteiger partial charge in [-0.15, -0.1) is 11.3 Å². The van der Waals surface area contributed by atoms with Crippen LogP contribution in [0.4, 0.5) is 5.13 Å². The number of anilines is 1. The average molecular weight is 520 g/mol. The predicted octanol–water partition coefficient (Wildman–Crippen LogP) is 6.07. The van der Waals surface area contributed by atoms with E-state index in [0.717, 1.165) is 16.7 Å². The molecular formula is C28H26ClN3O3S. The highest BCUT2D eigenvalue weighted by molar-refractivity contribution is 7.14. The number of rotatable bonds is 12. The summed E-state index contributed by atoms with van der Waals surface area (Å²) >= 11 is 7.18. The minimum absolute atomic E-state index is 0.0388. The number of hydrogen-bond acceptors (Lipinski definition) is 7. The van der Waals surface area contributed by atoms with Crippen molar-refractivity contribution in [3.05, 3.63) is 119 Å². The second-order valence-electron chi connectivity index (χ2n) is 7.90. The Balaban J connectivity index is 1.75. The Hall–Kier alpha value is -3.52. The van der Waals surface area contributed by atoms with Crippen LogP contribution in [0.1, 0.15) is 28.8 Å². The van der Waals surface area contributed by atoms with Gasteiger partial charge in [0.1, 0.15) is 17.8 Å². The highest BCUT2D eigenvalue weighted by atomic mass is 35.5. The first-order chi connectivity index (χ1) is 17.6. The van der Waals surface area contributed by atoms with E-state index in [9.17, 15) is 4.79 Å². The summed E-state index contributed by atoms with van der Waals surface area (Å²) in [5, 5.41) is 9.23. The zero-order chi connectivity index (χ0) is 25.2. The van der Waals surface area contributed by atoms with Crippen LogP contribution < -0.4 is 5.32 Å². The molecule has 3 aromatic carbocycles. The Morgan fingerprint density at radius 1 is 0.917 bits per heavy atom. The Labute approximate surface area is 219 Å². The molecule has 0 atom stereocenters. The number of carbonyl (C=O) groups is 1. The summed E-state index contributed by atoms with van der Waals surface area (Å²) in [5.41, 5.74) is 2.70. The van der Waals surface area contributed by atoms with Gasteiger partial charge >= 0.3 is 0 Å². The molecular weight excluding hydrogens is 494 g/mol. The average Bonchev–Trinajstić information content (AvgIpc) is 3.38. The van der Waals surface area contributed by atoms with Gasteiger partial charge in [0.15, 0.2) is 10.8 Å². The summed E-state index contributed by atoms with van der Waals surface area (Å²) in [5.74, 6) is 0. The first kappa shape index (κ1) is 25.6. The fourth-order valence-electron chi connectivity index (χ4n) is 3.94. The van der Waals surface area contributed by atoms with Gasteiger partial charge in [0.2, 0.25) is 0 Å². The predicted molar refractivity (Wildman–Crippen MR) is 145 cm³/mol. The Kier molecular flexibility index (Phi) is 8.84. The minimum atomic E-state index is -0.738. The van der Waals surface area contributed by atoms with E-state index < -0.39 is 10.8 Å². The number of aromatic nitrogens is 1. The standard InChI is InChI=1S/C28H26ClN3O3S/c1-34-18-11-19-35-32-25(26(29)33)24-20-36-27(30-24)31-28(21-12-5-2-6-13-21,22-14-7-3-8-15-22)23-16-9-4-10-17-23/h2-10,12-17,20H,11,18-19H2,1H3,(H,30,31)/b32-25-. The number of nitrogens with one attached hydrogen (secondary N) is 1. The molecule has 0 fully saturated rings. The third-order valence-electron chi connectivity index (χ3n) is 5.59. The molecule has 0 bridgehead atoms. The topological polar surface area (TPSA) is 72.8 Å². The van der Waals surface area contributed by atoms with E-state index in [1.165, 1.54) is 11.3 Å². The second-order valence-corrected chi connectivity index (χ2v) is 9.11. The van der Waals surface area contributed by atoms with Crippen molar-refractivity contribution in [1.29, 1.82) is 0 Å².